The van der Waals surface area contributed by atoms with Gasteiger partial charge in [0.15, 0.2) is 0 Å². The Morgan fingerprint density at radius 1 is 0.703 bits per heavy atom. The Morgan fingerprint density at radius 3 is 1.89 bits per heavy atom. The van der Waals surface area contributed by atoms with Gasteiger partial charge in [-0.3, -0.25) is 0 Å². The largest absolute Gasteiger partial charge is 0.429 e. The van der Waals surface area contributed by atoms with Gasteiger partial charge in [0.1, 0.15) is 29.0 Å². The molecular weight excluding hydrogens is 490 g/mol. The molecule has 7 heteroatoms. The standard InChI is InChI=1S/C30H22F6O/c1-2-3-19-4-6-20(7-5-19)21-8-13-25(27(32)16-21)22-17-28(33)26(29(34)18-22)14-15-30(35,36)37-24-11-9-23(31)10-12-24/h4-18H,2-3H2,1H3/b15-14+. The van der Waals surface area contributed by atoms with Crippen LogP contribution in [0.5, 0.6) is 5.75 Å². The average molecular weight is 512 g/mol. The fraction of sp³-hybridized carbons (Fsp3) is 0.133. The van der Waals surface area contributed by atoms with E-state index in [0.29, 0.717) is 11.6 Å². The minimum atomic E-state index is -3.92. The van der Waals surface area contributed by atoms with Crippen LogP contribution in [-0.2, 0) is 6.42 Å². The number of alkyl halides is 2. The predicted octanol–water partition coefficient (Wildman–Crippen LogP) is 9.21. The van der Waals surface area contributed by atoms with Gasteiger partial charge in [-0.1, -0.05) is 49.7 Å². The molecule has 0 unspecified atom stereocenters. The quantitative estimate of drug-likeness (QED) is 0.214. The molecule has 0 aliphatic heterocycles. The molecule has 0 radical (unpaired) electrons. The smallest absolute Gasteiger partial charge is 0.419 e. The van der Waals surface area contributed by atoms with Crippen LogP contribution in [0.4, 0.5) is 26.3 Å². The maximum Gasteiger partial charge on any atom is 0.419 e. The maximum absolute atomic E-state index is 14.9. The van der Waals surface area contributed by atoms with Gasteiger partial charge in [-0.2, -0.15) is 8.78 Å². The molecule has 0 aliphatic rings. The van der Waals surface area contributed by atoms with Crippen LogP contribution in [0, 0.1) is 23.3 Å². The first kappa shape index (κ1) is 26.1. The van der Waals surface area contributed by atoms with Crippen LogP contribution in [0.15, 0.2) is 84.9 Å². The van der Waals surface area contributed by atoms with E-state index in [2.05, 4.69) is 11.7 Å². The Labute approximate surface area is 210 Å². The molecule has 4 aromatic rings. The number of rotatable bonds is 8. The van der Waals surface area contributed by atoms with Crippen LogP contribution in [0.1, 0.15) is 24.5 Å². The summed E-state index contributed by atoms with van der Waals surface area (Å²) in [4.78, 5) is 0. The van der Waals surface area contributed by atoms with Crippen molar-refractivity contribution in [3.63, 3.8) is 0 Å². The zero-order valence-corrected chi connectivity index (χ0v) is 19.8. The molecule has 0 bridgehead atoms. The normalized spacial score (nSPS) is 11.8. The molecule has 0 atom stereocenters. The lowest BCUT2D eigenvalue weighted by Crippen LogP contribution is -2.21. The number of ether oxygens (including phenoxy) is 1. The minimum absolute atomic E-state index is 0.0374. The van der Waals surface area contributed by atoms with Gasteiger partial charge >= 0.3 is 6.11 Å². The van der Waals surface area contributed by atoms with E-state index < -0.39 is 34.9 Å². The second-order valence-corrected chi connectivity index (χ2v) is 8.45. The van der Waals surface area contributed by atoms with Crippen molar-refractivity contribution >= 4 is 6.08 Å². The highest BCUT2D eigenvalue weighted by Crippen LogP contribution is 2.31. The summed E-state index contributed by atoms with van der Waals surface area (Å²) in [5, 5.41) is 0. The summed E-state index contributed by atoms with van der Waals surface area (Å²) in [7, 11) is 0. The van der Waals surface area contributed by atoms with Crippen LogP contribution in [0.3, 0.4) is 0 Å². The van der Waals surface area contributed by atoms with Crippen LogP contribution in [-0.4, -0.2) is 6.11 Å². The Kier molecular flexibility index (Phi) is 7.71. The molecular formula is C30H22F6O. The lowest BCUT2D eigenvalue weighted by molar-refractivity contribution is -0.130. The zero-order chi connectivity index (χ0) is 26.6. The molecule has 0 amide bonds. The van der Waals surface area contributed by atoms with Crippen molar-refractivity contribution < 1.29 is 31.1 Å². The molecule has 0 aliphatic carbocycles. The molecule has 0 fully saturated rings. The lowest BCUT2D eigenvalue weighted by atomic mass is 9.97. The first-order valence-electron chi connectivity index (χ1n) is 11.5. The number of hydrogen-bond acceptors (Lipinski definition) is 1. The molecule has 4 rings (SSSR count). The molecule has 0 N–H and O–H groups in total. The van der Waals surface area contributed by atoms with Crippen molar-refractivity contribution in [1.82, 2.24) is 0 Å². The summed E-state index contributed by atoms with van der Waals surface area (Å²) < 4.78 is 89.9. The second-order valence-electron chi connectivity index (χ2n) is 8.45. The predicted molar refractivity (Wildman–Crippen MR) is 132 cm³/mol. The second kappa shape index (κ2) is 10.9. The summed E-state index contributed by atoms with van der Waals surface area (Å²) in [6.07, 6.45) is -1.25. The highest BCUT2D eigenvalue weighted by atomic mass is 19.3. The molecule has 0 spiro atoms. The molecule has 37 heavy (non-hydrogen) atoms. The fourth-order valence-corrected chi connectivity index (χ4v) is 3.85. The molecule has 0 saturated heterocycles. The third-order valence-electron chi connectivity index (χ3n) is 5.70. The third-order valence-corrected chi connectivity index (χ3v) is 5.70. The highest BCUT2D eigenvalue weighted by Gasteiger charge is 2.28. The van der Waals surface area contributed by atoms with Crippen molar-refractivity contribution in [2.45, 2.75) is 25.9 Å². The van der Waals surface area contributed by atoms with E-state index >= 15 is 0 Å². The lowest BCUT2D eigenvalue weighted by Gasteiger charge is -2.14. The van der Waals surface area contributed by atoms with Crippen LogP contribution in [0.25, 0.3) is 28.3 Å². The van der Waals surface area contributed by atoms with Gasteiger partial charge in [-0.15, -0.1) is 0 Å². The van der Waals surface area contributed by atoms with Crippen molar-refractivity contribution in [3.05, 3.63) is 119 Å². The Balaban J connectivity index is 1.55. The van der Waals surface area contributed by atoms with Crippen LogP contribution >= 0.6 is 0 Å². The van der Waals surface area contributed by atoms with Crippen molar-refractivity contribution in [3.8, 4) is 28.0 Å². The van der Waals surface area contributed by atoms with Gasteiger partial charge in [0.25, 0.3) is 0 Å². The average Bonchev–Trinajstić information content (AvgIpc) is 2.85. The first-order chi connectivity index (χ1) is 17.6. The Bertz CT molecular complexity index is 1390. The molecule has 0 aromatic heterocycles. The minimum Gasteiger partial charge on any atom is -0.429 e. The van der Waals surface area contributed by atoms with Crippen LogP contribution < -0.4 is 4.74 Å². The van der Waals surface area contributed by atoms with Crippen molar-refractivity contribution in [1.29, 1.82) is 0 Å². The Morgan fingerprint density at radius 2 is 1.30 bits per heavy atom. The van der Waals surface area contributed by atoms with Crippen molar-refractivity contribution in [2.75, 3.05) is 0 Å². The summed E-state index contributed by atoms with van der Waals surface area (Å²) in [5.74, 6) is -3.96. The van der Waals surface area contributed by atoms with Gasteiger partial charge in [-0.25, -0.2) is 17.6 Å². The number of hydrogen-bond donors (Lipinski definition) is 0. The van der Waals surface area contributed by atoms with E-state index in [-0.39, 0.29) is 23.0 Å². The van der Waals surface area contributed by atoms with E-state index in [4.69, 9.17) is 0 Å². The molecule has 1 nitrogen and oxygen atoms in total. The topological polar surface area (TPSA) is 9.23 Å². The number of halogens is 6. The Hall–Kier alpha value is -4.00. The molecule has 0 heterocycles. The third kappa shape index (κ3) is 6.42. The first-order valence-corrected chi connectivity index (χ1v) is 11.5. The SMILES string of the molecule is CCCc1ccc(-c2ccc(-c3cc(F)c(/C=C/C(F)(F)Oc4ccc(F)cc4)c(F)c3)c(F)c2)cc1. The maximum atomic E-state index is 14.9. The number of benzene rings is 4. The molecule has 4 aromatic carbocycles. The summed E-state index contributed by atoms with van der Waals surface area (Å²) in [6.45, 7) is 2.08. The van der Waals surface area contributed by atoms with Gasteiger partial charge in [0, 0.05) is 17.2 Å². The highest BCUT2D eigenvalue weighted by molar-refractivity contribution is 5.72. The van der Waals surface area contributed by atoms with Crippen molar-refractivity contribution in [2.24, 2.45) is 0 Å². The van der Waals surface area contributed by atoms with E-state index in [9.17, 15) is 26.3 Å². The fourth-order valence-electron chi connectivity index (χ4n) is 3.85. The summed E-state index contributed by atoms with van der Waals surface area (Å²) in [5.41, 5.74) is 1.71. The van der Waals surface area contributed by atoms with E-state index in [1.165, 1.54) is 17.7 Å². The van der Waals surface area contributed by atoms with E-state index in [1.807, 2.05) is 24.3 Å². The molecule has 190 valence electrons. The summed E-state index contributed by atoms with van der Waals surface area (Å²) >= 11 is 0. The number of aryl methyl sites for hydroxylation is 1. The van der Waals surface area contributed by atoms with Gasteiger partial charge in [0.2, 0.25) is 0 Å². The van der Waals surface area contributed by atoms with Crippen LogP contribution in [0.2, 0.25) is 0 Å². The monoisotopic (exact) mass is 512 g/mol. The van der Waals surface area contributed by atoms with Gasteiger partial charge < -0.3 is 4.74 Å². The van der Waals surface area contributed by atoms with Gasteiger partial charge in [0.05, 0.1) is 0 Å². The summed E-state index contributed by atoms with van der Waals surface area (Å²) in [6, 6.07) is 17.6. The van der Waals surface area contributed by atoms with Gasteiger partial charge in [-0.05, 0) is 77.2 Å². The van der Waals surface area contributed by atoms with E-state index in [0.717, 1.165) is 54.8 Å². The van der Waals surface area contributed by atoms with E-state index in [1.54, 1.807) is 6.07 Å². The zero-order valence-electron chi connectivity index (χ0n) is 19.8. The molecule has 0 saturated carbocycles.